The number of nitrogens with zero attached hydrogens (tertiary/aromatic N) is 3. The number of imide groups is 1. The molecule has 1 aliphatic heterocycles. The van der Waals surface area contributed by atoms with Crippen LogP contribution in [-0.2, 0) is 11.3 Å². The fourth-order valence-electron chi connectivity index (χ4n) is 3.37. The predicted octanol–water partition coefficient (Wildman–Crippen LogP) is 4.86. The number of carbonyl (C=O) groups is 2. The van der Waals surface area contributed by atoms with E-state index in [0.717, 1.165) is 34.4 Å². The lowest BCUT2D eigenvalue weighted by Gasteiger charge is -2.12. The highest BCUT2D eigenvalue weighted by Crippen LogP contribution is 2.34. The molecule has 146 valence electrons. The van der Waals surface area contributed by atoms with Gasteiger partial charge in [0.05, 0.1) is 23.3 Å². The zero-order valence-corrected chi connectivity index (χ0v) is 16.7. The number of amides is 2. The molecule has 0 bridgehead atoms. The normalized spacial score (nSPS) is 15.6. The van der Waals surface area contributed by atoms with Gasteiger partial charge in [-0.25, -0.2) is 4.39 Å². The number of thioether (sulfide) groups is 1. The second-order valence-corrected chi connectivity index (χ2v) is 7.76. The Morgan fingerprint density at radius 2 is 1.90 bits per heavy atom. The summed E-state index contributed by atoms with van der Waals surface area (Å²) >= 11 is 0.922. The number of benzene rings is 1. The van der Waals surface area contributed by atoms with Crippen molar-refractivity contribution in [3.05, 3.63) is 88.1 Å². The van der Waals surface area contributed by atoms with Crippen molar-refractivity contribution in [3.8, 4) is 5.69 Å². The molecule has 2 aromatic heterocycles. The summed E-state index contributed by atoms with van der Waals surface area (Å²) in [6.45, 7) is 4.07. The van der Waals surface area contributed by atoms with Gasteiger partial charge in [-0.05, 0) is 73.1 Å². The number of rotatable bonds is 4. The second kappa shape index (κ2) is 7.67. The summed E-state index contributed by atoms with van der Waals surface area (Å²) in [5, 5.41) is -0.327. The molecule has 7 heteroatoms. The molecule has 0 radical (unpaired) electrons. The average molecular weight is 407 g/mol. The van der Waals surface area contributed by atoms with Crippen LogP contribution in [-0.4, -0.2) is 25.6 Å². The van der Waals surface area contributed by atoms with Gasteiger partial charge >= 0.3 is 0 Å². The highest BCUT2D eigenvalue weighted by molar-refractivity contribution is 8.18. The van der Waals surface area contributed by atoms with Crippen LogP contribution >= 0.6 is 11.8 Å². The van der Waals surface area contributed by atoms with Crippen molar-refractivity contribution in [1.29, 1.82) is 0 Å². The van der Waals surface area contributed by atoms with Crippen molar-refractivity contribution in [2.45, 2.75) is 20.4 Å². The van der Waals surface area contributed by atoms with Gasteiger partial charge in [-0.3, -0.25) is 19.5 Å². The quantitative estimate of drug-likeness (QED) is 0.580. The third kappa shape index (κ3) is 3.73. The molecular weight excluding hydrogens is 389 g/mol. The Hall–Kier alpha value is -3.19. The van der Waals surface area contributed by atoms with Crippen molar-refractivity contribution in [3.63, 3.8) is 0 Å². The molecule has 0 saturated carbocycles. The molecule has 3 heterocycles. The number of aromatic nitrogens is 2. The van der Waals surface area contributed by atoms with E-state index in [9.17, 15) is 14.0 Å². The maximum atomic E-state index is 13.1. The minimum atomic E-state index is -0.355. The Balaban J connectivity index is 1.62. The molecule has 1 saturated heterocycles. The standard InChI is InChI=1S/C22H18FN3O2S/c1-14-10-17(15(2)26(14)19-4-3-9-24-12-19)11-20-21(27)25(22(28)29-20)13-16-5-7-18(23)8-6-16/h3-12H,13H2,1-2H3/b20-11+. The third-order valence-electron chi connectivity index (χ3n) is 4.79. The first-order valence-corrected chi connectivity index (χ1v) is 9.85. The van der Waals surface area contributed by atoms with Crippen LogP contribution in [0.1, 0.15) is 22.5 Å². The van der Waals surface area contributed by atoms with Gasteiger partial charge in [0, 0.05) is 17.6 Å². The molecule has 3 aromatic rings. The summed E-state index contributed by atoms with van der Waals surface area (Å²) in [6.07, 6.45) is 5.25. The summed E-state index contributed by atoms with van der Waals surface area (Å²) in [6, 6.07) is 11.6. The maximum absolute atomic E-state index is 13.1. The SMILES string of the molecule is Cc1cc(/C=C2/SC(=O)N(Cc3ccc(F)cc3)C2=O)c(C)n1-c1cccnc1. The Morgan fingerprint density at radius 3 is 2.59 bits per heavy atom. The number of hydrogen-bond donors (Lipinski definition) is 0. The van der Waals surface area contributed by atoms with E-state index in [1.54, 1.807) is 30.6 Å². The number of aryl methyl sites for hydroxylation is 1. The van der Waals surface area contributed by atoms with Gasteiger partial charge in [-0.1, -0.05) is 12.1 Å². The van der Waals surface area contributed by atoms with Crippen LogP contribution in [0.3, 0.4) is 0 Å². The van der Waals surface area contributed by atoms with E-state index < -0.39 is 0 Å². The average Bonchev–Trinajstić information content (AvgIpc) is 3.14. The fraction of sp³-hybridized carbons (Fsp3) is 0.136. The molecule has 5 nitrogen and oxygen atoms in total. The first-order valence-electron chi connectivity index (χ1n) is 9.03. The van der Waals surface area contributed by atoms with Crippen LogP contribution in [0.4, 0.5) is 9.18 Å². The lowest BCUT2D eigenvalue weighted by Crippen LogP contribution is -2.27. The first-order chi connectivity index (χ1) is 13.9. The Morgan fingerprint density at radius 1 is 1.14 bits per heavy atom. The van der Waals surface area contributed by atoms with E-state index in [4.69, 9.17) is 0 Å². The molecule has 1 aliphatic rings. The first kappa shape index (κ1) is 19.1. The van der Waals surface area contributed by atoms with E-state index in [-0.39, 0.29) is 23.5 Å². The monoisotopic (exact) mass is 407 g/mol. The number of hydrogen-bond acceptors (Lipinski definition) is 4. The molecule has 1 aromatic carbocycles. The maximum Gasteiger partial charge on any atom is 0.293 e. The minimum absolute atomic E-state index is 0.122. The fourth-order valence-corrected chi connectivity index (χ4v) is 4.20. The van der Waals surface area contributed by atoms with Crippen molar-refractivity contribution in [2.75, 3.05) is 0 Å². The van der Waals surface area contributed by atoms with Crippen LogP contribution in [0.25, 0.3) is 11.8 Å². The predicted molar refractivity (Wildman–Crippen MR) is 111 cm³/mol. The second-order valence-electron chi connectivity index (χ2n) is 6.77. The summed E-state index contributed by atoms with van der Waals surface area (Å²) < 4.78 is 15.1. The molecule has 0 unspecified atom stereocenters. The number of halogens is 1. The smallest absolute Gasteiger partial charge is 0.293 e. The molecule has 0 atom stereocenters. The highest BCUT2D eigenvalue weighted by Gasteiger charge is 2.35. The third-order valence-corrected chi connectivity index (χ3v) is 5.70. The summed E-state index contributed by atoms with van der Waals surface area (Å²) in [5.74, 6) is -0.692. The van der Waals surface area contributed by atoms with Gasteiger partial charge < -0.3 is 4.57 Å². The van der Waals surface area contributed by atoms with Crippen LogP contribution in [0, 0.1) is 19.7 Å². The molecule has 1 fully saturated rings. The largest absolute Gasteiger partial charge is 0.316 e. The van der Waals surface area contributed by atoms with Gasteiger partial charge in [0.1, 0.15) is 5.82 Å². The van der Waals surface area contributed by atoms with Gasteiger partial charge in [0.2, 0.25) is 0 Å². The number of pyridine rings is 1. The van der Waals surface area contributed by atoms with Crippen molar-refractivity contribution >= 4 is 29.0 Å². The Labute approximate surface area is 171 Å². The topological polar surface area (TPSA) is 55.2 Å². The van der Waals surface area contributed by atoms with Gasteiger partial charge in [0.15, 0.2) is 0 Å². The van der Waals surface area contributed by atoms with Crippen molar-refractivity contribution in [1.82, 2.24) is 14.5 Å². The van der Waals surface area contributed by atoms with Gasteiger partial charge in [-0.2, -0.15) is 0 Å². The highest BCUT2D eigenvalue weighted by atomic mass is 32.2. The molecular formula is C22H18FN3O2S. The molecule has 0 N–H and O–H groups in total. The van der Waals surface area contributed by atoms with E-state index in [2.05, 4.69) is 9.55 Å². The van der Waals surface area contributed by atoms with E-state index in [0.29, 0.717) is 10.5 Å². The summed E-state index contributed by atoms with van der Waals surface area (Å²) in [7, 11) is 0. The van der Waals surface area contributed by atoms with Crippen molar-refractivity contribution < 1.29 is 14.0 Å². The van der Waals surface area contributed by atoms with Crippen LogP contribution in [0.2, 0.25) is 0 Å². The van der Waals surface area contributed by atoms with Crippen LogP contribution < -0.4 is 0 Å². The zero-order chi connectivity index (χ0) is 20.5. The molecule has 29 heavy (non-hydrogen) atoms. The molecule has 0 spiro atoms. The van der Waals surface area contributed by atoms with E-state index in [1.807, 2.05) is 32.0 Å². The Bertz CT molecular complexity index is 1120. The van der Waals surface area contributed by atoms with Crippen LogP contribution in [0.5, 0.6) is 0 Å². The van der Waals surface area contributed by atoms with Gasteiger partial charge in [-0.15, -0.1) is 0 Å². The summed E-state index contributed by atoms with van der Waals surface area (Å²) in [5.41, 5.74) is 4.48. The minimum Gasteiger partial charge on any atom is -0.316 e. The Kier molecular flexibility index (Phi) is 5.07. The van der Waals surface area contributed by atoms with Crippen molar-refractivity contribution in [2.24, 2.45) is 0 Å². The molecule has 0 aliphatic carbocycles. The van der Waals surface area contributed by atoms with Gasteiger partial charge in [0.25, 0.3) is 11.1 Å². The summed E-state index contributed by atoms with van der Waals surface area (Å²) in [4.78, 5) is 30.9. The molecule has 4 rings (SSSR count). The van der Waals surface area contributed by atoms with E-state index in [1.165, 1.54) is 17.0 Å². The zero-order valence-electron chi connectivity index (χ0n) is 15.9. The number of carbonyl (C=O) groups excluding carboxylic acids is 2. The molecule has 2 amide bonds. The lowest BCUT2D eigenvalue weighted by atomic mass is 10.2. The lowest BCUT2D eigenvalue weighted by molar-refractivity contribution is -0.123. The van der Waals surface area contributed by atoms with E-state index >= 15 is 0 Å². The van der Waals surface area contributed by atoms with Crippen LogP contribution in [0.15, 0.2) is 59.8 Å².